The van der Waals surface area contributed by atoms with Crippen LogP contribution >= 0.6 is 11.6 Å². The van der Waals surface area contributed by atoms with Crippen molar-refractivity contribution in [2.24, 2.45) is 0 Å². The minimum absolute atomic E-state index is 0.0651. The molecule has 12 heteroatoms. The van der Waals surface area contributed by atoms with E-state index < -0.39 is 39.2 Å². The number of rotatable bonds is 11. The smallest absolute Gasteiger partial charge is 0.289 e. The van der Waals surface area contributed by atoms with E-state index >= 15 is 0 Å². The lowest BCUT2D eigenvalue weighted by Gasteiger charge is -2.28. The second-order valence-corrected chi connectivity index (χ2v) is 11.0. The third-order valence-corrected chi connectivity index (χ3v) is 8.12. The Labute approximate surface area is 219 Å². The van der Waals surface area contributed by atoms with Crippen LogP contribution in [-0.4, -0.2) is 54.3 Å². The van der Waals surface area contributed by atoms with Gasteiger partial charge in [-0.3, -0.25) is 14.9 Å². The minimum atomic E-state index is -4.31. The molecule has 1 aromatic heterocycles. The zero-order valence-electron chi connectivity index (χ0n) is 19.9. The lowest BCUT2D eigenvalue weighted by Crippen LogP contribution is -2.45. The number of hydrogen-bond acceptors (Lipinski definition) is 7. The number of nitro benzene ring substituents is 1. The van der Waals surface area contributed by atoms with E-state index in [0.29, 0.717) is 18.8 Å². The molecule has 4 rings (SSSR count). The van der Waals surface area contributed by atoms with Crippen LogP contribution in [0.15, 0.2) is 76.2 Å². The van der Waals surface area contributed by atoms with Gasteiger partial charge in [-0.15, -0.1) is 0 Å². The van der Waals surface area contributed by atoms with Gasteiger partial charge in [0.05, 0.1) is 35.3 Å². The molecule has 1 atom stereocenters. The number of carbonyl (C=O) groups is 1. The van der Waals surface area contributed by atoms with Crippen molar-refractivity contribution in [3.05, 3.63) is 93.4 Å². The Kier molecular flexibility index (Phi) is 8.59. The van der Waals surface area contributed by atoms with Gasteiger partial charge in [-0.05, 0) is 42.7 Å². The first-order valence-corrected chi connectivity index (χ1v) is 13.5. The van der Waals surface area contributed by atoms with Crippen LogP contribution in [0.1, 0.15) is 24.2 Å². The van der Waals surface area contributed by atoms with Gasteiger partial charge in [0.2, 0.25) is 15.9 Å². The van der Waals surface area contributed by atoms with E-state index in [1.165, 1.54) is 17.2 Å². The summed E-state index contributed by atoms with van der Waals surface area (Å²) in [5, 5.41) is 11.2. The van der Waals surface area contributed by atoms with Crippen LogP contribution in [0, 0.1) is 10.1 Å². The summed E-state index contributed by atoms with van der Waals surface area (Å²) in [6.07, 6.45) is 2.53. The number of furan rings is 1. The predicted octanol–water partition coefficient (Wildman–Crippen LogP) is 4.24. The van der Waals surface area contributed by atoms with E-state index in [0.717, 1.165) is 28.4 Å². The molecule has 1 amide bonds. The van der Waals surface area contributed by atoms with E-state index in [-0.39, 0.29) is 29.6 Å². The van der Waals surface area contributed by atoms with Gasteiger partial charge in [-0.25, -0.2) is 8.42 Å². The molecule has 0 aliphatic carbocycles. The quantitative estimate of drug-likeness (QED) is 0.260. The topological polar surface area (TPSA) is 123 Å². The third-order valence-electron chi connectivity index (χ3n) is 5.99. The van der Waals surface area contributed by atoms with Gasteiger partial charge in [-0.2, -0.15) is 4.31 Å². The molecule has 1 aliphatic heterocycles. The molecular formula is C25H26ClN3O7S. The van der Waals surface area contributed by atoms with Crippen LogP contribution in [0.2, 0.25) is 5.02 Å². The van der Waals surface area contributed by atoms with Crippen molar-refractivity contribution in [2.75, 3.05) is 19.7 Å². The maximum Gasteiger partial charge on any atom is 0.289 e. The molecule has 10 nitrogen and oxygen atoms in total. The second kappa shape index (κ2) is 11.9. The summed E-state index contributed by atoms with van der Waals surface area (Å²) in [6, 6.07) is 16.0. The van der Waals surface area contributed by atoms with E-state index in [1.54, 1.807) is 12.1 Å². The first kappa shape index (κ1) is 26.8. The molecule has 0 unspecified atom stereocenters. The lowest BCUT2D eigenvalue weighted by atomic mass is 10.2. The molecule has 2 aromatic carbocycles. The van der Waals surface area contributed by atoms with Crippen molar-refractivity contribution in [3.63, 3.8) is 0 Å². The van der Waals surface area contributed by atoms with Gasteiger partial charge in [0.1, 0.15) is 10.8 Å². The number of amides is 1. The summed E-state index contributed by atoms with van der Waals surface area (Å²) in [5.41, 5.74) is 0.332. The predicted molar refractivity (Wildman–Crippen MR) is 135 cm³/mol. The fourth-order valence-corrected chi connectivity index (χ4v) is 5.71. The van der Waals surface area contributed by atoms with Crippen molar-refractivity contribution >= 4 is 33.2 Å². The Bertz CT molecular complexity index is 1330. The Balaban J connectivity index is 1.63. The highest BCUT2D eigenvalue weighted by Crippen LogP contribution is 2.29. The SMILES string of the molecule is O=C(CN(C[C@@H]1CCCO1)S(=O)(=O)c1ccc(Cl)c([N+](=O)[O-])c1)N(Cc1ccccc1)Cc1ccco1. The zero-order chi connectivity index (χ0) is 26.4. The molecule has 0 N–H and O–H groups in total. The highest BCUT2D eigenvalue weighted by molar-refractivity contribution is 7.89. The summed E-state index contributed by atoms with van der Waals surface area (Å²) in [5.74, 6) is 0.0939. The van der Waals surface area contributed by atoms with Gasteiger partial charge in [-0.1, -0.05) is 41.9 Å². The monoisotopic (exact) mass is 547 g/mol. The number of sulfonamides is 1. The number of nitro groups is 1. The number of ether oxygens (including phenoxy) is 1. The molecule has 1 aliphatic rings. The Morgan fingerprint density at radius 3 is 2.54 bits per heavy atom. The van der Waals surface area contributed by atoms with Crippen LogP contribution in [0.5, 0.6) is 0 Å². The summed E-state index contributed by atoms with van der Waals surface area (Å²) in [4.78, 5) is 25.4. The van der Waals surface area contributed by atoms with Gasteiger partial charge >= 0.3 is 0 Å². The molecule has 3 aromatic rings. The summed E-state index contributed by atoms with van der Waals surface area (Å²) >= 11 is 5.89. The number of hydrogen-bond donors (Lipinski definition) is 0. The highest BCUT2D eigenvalue weighted by Gasteiger charge is 2.33. The number of benzene rings is 2. The van der Waals surface area contributed by atoms with Crippen molar-refractivity contribution < 1.29 is 27.3 Å². The molecular weight excluding hydrogens is 522 g/mol. The number of carbonyl (C=O) groups excluding carboxylic acids is 1. The second-order valence-electron chi connectivity index (χ2n) is 8.62. The maximum absolute atomic E-state index is 13.7. The number of halogens is 1. The molecule has 2 heterocycles. The van der Waals surface area contributed by atoms with Crippen LogP contribution in [0.3, 0.4) is 0 Å². The van der Waals surface area contributed by atoms with Crippen LogP contribution in [0.25, 0.3) is 0 Å². The Hall–Kier alpha value is -3.25. The maximum atomic E-state index is 13.7. The lowest BCUT2D eigenvalue weighted by molar-refractivity contribution is -0.384. The van der Waals surface area contributed by atoms with Gasteiger partial charge in [0.25, 0.3) is 5.69 Å². The van der Waals surface area contributed by atoms with Crippen LogP contribution in [0.4, 0.5) is 5.69 Å². The Morgan fingerprint density at radius 2 is 1.89 bits per heavy atom. The summed E-state index contributed by atoms with van der Waals surface area (Å²) in [6.45, 7) is 0.329. The highest BCUT2D eigenvalue weighted by atomic mass is 35.5. The fourth-order valence-electron chi connectivity index (χ4n) is 4.08. The minimum Gasteiger partial charge on any atom is -0.467 e. The molecule has 0 saturated carbocycles. The molecule has 0 radical (unpaired) electrons. The van der Waals surface area contributed by atoms with Crippen molar-refractivity contribution in [1.29, 1.82) is 0 Å². The normalized spacial score (nSPS) is 15.7. The van der Waals surface area contributed by atoms with E-state index in [2.05, 4.69) is 0 Å². The molecule has 196 valence electrons. The summed E-state index contributed by atoms with van der Waals surface area (Å²) in [7, 11) is -4.31. The molecule has 37 heavy (non-hydrogen) atoms. The first-order valence-electron chi connectivity index (χ1n) is 11.6. The number of nitrogens with zero attached hydrogens (tertiary/aromatic N) is 3. The van der Waals surface area contributed by atoms with Crippen molar-refractivity contribution in [3.8, 4) is 0 Å². The van der Waals surface area contributed by atoms with Crippen LogP contribution < -0.4 is 0 Å². The third kappa shape index (κ3) is 6.75. The van der Waals surface area contributed by atoms with Gasteiger partial charge in [0.15, 0.2) is 0 Å². The largest absolute Gasteiger partial charge is 0.467 e. The standard InChI is InChI=1S/C25H26ClN3O7S/c26-23-11-10-22(14-24(23)29(31)32)37(33,34)28(17-21-9-5-13-36-21)18-25(30)27(16-20-8-4-12-35-20)15-19-6-2-1-3-7-19/h1-4,6-8,10-12,14,21H,5,9,13,15-18H2/t21-/m0/s1. The average molecular weight is 548 g/mol. The first-order chi connectivity index (χ1) is 17.7. The molecule has 0 spiro atoms. The molecule has 1 fully saturated rings. The van der Waals surface area contributed by atoms with E-state index in [4.69, 9.17) is 20.8 Å². The fraction of sp³-hybridized carbons (Fsp3) is 0.320. The molecule has 1 saturated heterocycles. The summed E-state index contributed by atoms with van der Waals surface area (Å²) < 4.78 is 39.4. The van der Waals surface area contributed by atoms with Crippen molar-refractivity contribution in [1.82, 2.24) is 9.21 Å². The molecule has 0 bridgehead atoms. The Morgan fingerprint density at radius 1 is 1.11 bits per heavy atom. The van der Waals surface area contributed by atoms with Gasteiger partial charge < -0.3 is 14.1 Å². The van der Waals surface area contributed by atoms with E-state index in [1.807, 2.05) is 30.3 Å². The zero-order valence-corrected chi connectivity index (χ0v) is 21.4. The van der Waals surface area contributed by atoms with Gasteiger partial charge in [0, 0.05) is 25.8 Å². The van der Waals surface area contributed by atoms with Crippen LogP contribution in [-0.2, 0) is 32.6 Å². The van der Waals surface area contributed by atoms with Crippen molar-refractivity contribution in [2.45, 2.75) is 36.9 Å². The average Bonchev–Trinajstić information content (AvgIpc) is 3.58. The van der Waals surface area contributed by atoms with E-state index in [9.17, 15) is 23.3 Å².